The summed E-state index contributed by atoms with van der Waals surface area (Å²) in [5.41, 5.74) is 8.81. The maximum atomic E-state index is 13.2. The van der Waals surface area contributed by atoms with Gasteiger partial charge in [-0.3, -0.25) is 0 Å². The molecule has 0 saturated heterocycles. The third-order valence-corrected chi connectivity index (χ3v) is 5.68. The number of hydrogen-bond donors (Lipinski definition) is 1. The molecule has 2 aromatic rings. The minimum Gasteiger partial charge on any atom is -0.326 e. The number of benzene rings is 2. The van der Waals surface area contributed by atoms with Crippen LogP contribution in [0.2, 0.25) is 0 Å². The standard InChI is InChI=1S/C16H15BrFNS/c17-12-7-10(5-6-13(12)18)8-14(19)16-9-11-3-1-2-4-15(11)20-16/h1-7,14,16H,8-9,19H2. The molecule has 0 aromatic heterocycles. The highest BCUT2D eigenvalue weighted by atomic mass is 79.9. The van der Waals surface area contributed by atoms with E-state index in [1.54, 1.807) is 0 Å². The molecule has 0 saturated carbocycles. The largest absolute Gasteiger partial charge is 0.326 e. The Morgan fingerprint density at radius 1 is 1.30 bits per heavy atom. The van der Waals surface area contributed by atoms with Crippen molar-refractivity contribution in [1.82, 2.24) is 0 Å². The minimum atomic E-state index is -0.232. The van der Waals surface area contributed by atoms with Crippen LogP contribution in [0.4, 0.5) is 4.39 Å². The van der Waals surface area contributed by atoms with E-state index >= 15 is 0 Å². The molecule has 0 fully saturated rings. The number of rotatable bonds is 3. The van der Waals surface area contributed by atoms with Gasteiger partial charge in [-0.1, -0.05) is 24.3 Å². The predicted octanol–water partition coefficient (Wildman–Crippen LogP) is 4.18. The SMILES string of the molecule is NC(Cc1ccc(F)c(Br)c1)C1Cc2ccccc2S1. The van der Waals surface area contributed by atoms with Gasteiger partial charge in [0.25, 0.3) is 0 Å². The minimum absolute atomic E-state index is 0.0739. The first-order valence-electron chi connectivity index (χ1n) is 6.57. The fourth-order valence-corrected chi connectivity index (χ4v) is 4.26. The lowest BCUT2D eigenvalue weighted by Crippen LogP contribution is -2.34. The second kappa shape index (κ2) is 5.88. The van der Waals surface area contributed by atoms with Crippen LogP contribution in [-0.4, -0.2) is 11.3 Å². The van der Waals surface area contributed by atoms with Crippen molar-refractivity contribution in [2.24, 2.45) is 5.73 Å². The summed E-state index contributed by atoms with van der Waals surface area (Å²) in [5, 5.41) is 0.399. The van der Waals surface area contributed by atoms with Gasteiger partial charge in [0, 0.05) is 16.2 Å². The average Bonchev–Trinajstić information content (AvgIpc) is 2.87. The zero-order chi connectivity index (χ0) is 14.1. The fraction of sp³-hybridized carbons (Fsp3) is 0.250. The Bertz CT molecular complexity index is 607. The molecule has 3 rings (SSSR count). The van der Waals surface area contributed by atoms with Crippen LogP contribution in [0.15, 0.2) is 51.8 Å². The van der Waals surface area contributed by atoms with Crippen LogP contribution in [0.25, 0.3) is 0 Å². The van der Waals surface area contributed by atoms with Gasteiger partial charge in [-0.2, -0.15) is 0 Å². The summed E-state index contributed by atoms with van der Waals surface area (Å²) < 4.78 is 13.7. The van der Waals surface area contributed by atoms with E-state index in [0.717, 1.165) is 18.4 Å². The predicted molar refractivity (Wildman–Crippen MR) is 85.6 cm³/mol. The highest BCUT2D eigenvalue weighted by molar-refractivity contribution is 9.10. The van der Waals surface area contributed by atoms with Crippen LogP contribution in [0.5, 0.6) is 0 Å². The number of nitrogens with two attached hydrogens (primary N) is 1. The monoisotopic (exact) mass is 351 g/mol. The lowest BCUT2D eigenvalue weighted by atomic mass is 9.99. The maximum Gasteiger partial charge on any atom is 0.137 e. The highest BCUT2D eigenvalue weighted by Gasteiger charge is 2.27. The van der Waals surface area contributed by atoms with E-state index in [2.05, 4.69) is 40.2 Å². The Labute approximate surface area is 130 Å². The molecule has 1 aliphatic rings. The molecule has 0 radical (unpaired) electrons. The Morgan fingerprint density at radius 2 is 2.10 bits per heavy atom. The Kier molecular flexibility index (Phi) is 4.15. The third-order valence-electron chi connectivity index (χ3n) is 3.61. The molecule has 2 unspecified atom stereocenters. The molecule has 104 valence electrons. The molecule has 1 nitrogen and oxygen atoms in total. The van der Waals surface area contributed by atoms with Gasteiger partial charge < -0.3 is 5.73 Å². The van der Waals surface area contributed by atoms with Crippen LogP contribution >= 0.6 is 27.7 Å². The van der Waals surface area contributed by atoms with Gasteiger partial charge >= 0.3 is 0 Å². The van der Waals surface area contributed by atoms with Gasteiger partial charge in [0.1, 0.15) is 5.82 Å². The van der Waals surface area contributed by atoms with Gasteiger partial charge in [0.2, 0.25) is 0 Å². The molecule has 0 bridgehead atoms. The molecular formula is C16H15BrFNS. The van der Waals surface area contributed by atoms with Crippen LogP contribution < -0.4 is 5.73 Å². The van der Waals surface area contributed by atoms with Crippen molar-refractivity contribution in [1.29, 1.82) is 0 Å². The van der Waals surface area contributed by atoms with Crippen molar-refractivity contribution in [2.45, 2.75) is 29.0 Å². The molecule has 2 N–H and O–H groups in total. The van der Waals surface area contributed by atoms with Crippen molar-refractivity contribution < 1.29 is 4.39 Å². The van der Waals surface area contributed by atoms with Gasteiger partial charge in [-0.05, 0) is 58.1 Å². The van der Waals surface area contributed by atoms with Crippen LogP contribution in [0, 0.1) is 5.82 Å². The maximum absolute atomic E-state index is 13.2. The van der Waals surface area contributed by atoms with Crippen molar-refractivity contribution >= 4 is 27.7 Å². The third kappa shape index (κ3) is 2.92. The van der Waals surface area contributed by atoms with Gasteiger partial charge in [-0.25, -0.2) is 4.39 Å². The molecule has 20 heavy (non-hydrogen) atoms. The number of fused-ring (bicyclic) bond motifs is 1. The molecule has 0 amide bonds. The normalized spacial score (nSPS) is 18.9. The van der Waals surface area contributed by atoms with Crippen molar-refractivity contribution in [2.75, 3.05) is 0 Å². The van der Waals surface area contributed by atoms with E-state index in [1.807, 2.05) is 23.9 Å². The first-order chi connectivity index (χ1) is 9.63. The number of thioether (sulfide) groups is 1. The second-order valence-electron chi connectivity index (χ2n) is 5.08. The van der Waals surface area contributed by atoms with Crippen LogP contribution in [-0.2, 0) is 12.8 Å². The zero-order valence-corrected chi connectivity index (χ0v) is 13.3. The smallest absolute Gasteiger partial charge is 0.137 e. The van der Waals surface area contributed by atoms with E-state index in [0.29, 0.717) is 9.72 Å². The fourth-order valence-electron chi connectivity index (χ4n) is 2.52. The second-order valence-corrected chi connectivity index (χ2v) is 7.22. The summed E-state index contributed by atoms with van der Waals surface area (Å²) in [7, 11) is 0. The molecular weight excluding hydrogens is 337 g/mol. The van der Waals surface area contributed by atoms with Crippen molar-refractivity contribution in [3.8, 4) is 0 Å². The molecule has 1 heterocycles. The summed E-state index contributed by atoms with van der Waals surface area (Å²) in [6.07, 6.45) is 1.79. The zero-order valence-electron chi connectivity index (χ0n) is 10.9. The first kappa shape index (κ1) is 14.1. The van der Waals surface area contributed by atoms with Crippen LogP contribution in [0.3, 0.4) is 0 Å². The molecule has 4 heteroatoms. The Balaban J connectivity index is 1.69. The van der Waals surface area contributed by atoms with E-state index in [9.17, 15) is 4.39 Å². The molecule has 2 atom stereocenters. The summed E-state index contributed by atoms with van der Waals surface area (Å²) >= 11 is 5.08. The van der Waals surface area contributed by atoms with Gasteiger partial charge in [-0.15, -0.1) is 11.8 Å². The van der Waals surface area contributed by atoms with Gasteiger partial charge in [0.05, 0.1) is 4.47 Å². The van der Waals surface area contributed by atoms with Crippen molar-refractivity contribution in [3.05, 3.63) is 63.9 Å². The summed E-state index contributed by atoms with van der Waals surface area (Å²) in [6, 6.07) is 13.7. The van der Waals surface area contributed by atoms with Gasteiger partial charge in [0.15, 0.2) is 0 Å². The number of halogens is 2. The Morgan fingerprint density at radius 3 is 2.85 bits per heavy atom. The number of hydrogen-bond acceptors (Lipinski definition) is 2. The molecule has 0 aliphatic carbocycles. The van der Waals surface area contributed by atoms with E-state index < -0.39 is 0 Å². The lowest BCUT2D eigenvalue weighted by Gasteiger charge is -2.18. The summed E-state index contributed by atoms with van der Waals surface area (Å²) in [5.74, 6) is -0.232. The molecule has 2 aromatic carbocycles. The molecule has 1 aliphatic heterocycles. The molecule has 0 spiro atoms. The van der Waals surface area contributed by atoms with E-state index in [4.69, 9.17) is 5.73 Å². The van der Waals surface area contributed by atoms with E-state index in [1.165, 1.54) is 16.5 Å². The quantitative estimate of drug-likeness (QED) is 0.897. The Hall–Kier alpha value is -0.840. The average molecular weight is 352 g/mol. The van der Waals surface area contributed by atoms with Crippen LogP contribution in [0.1, 0.15) is 11.1 Å². The first-order valence-corrected chi connectivity index (χ1v) is 8.25. The van der Waals surface area contributed by atoms with Crippen molar-refractivity contribution in [3.63, 3.8) is 0 Å². The van der Waals surface area contributed by atoms with E-state index in [-0.39, 0.29) is 11.9 Å². The summed E-state index contributed by atoms with van der Waals surface area (Å²) in [6.45, 7) is 0. The highest BCUT2D eigenvalue weighted by Crippen LogP contribution is 2.38. The summed E-state index contributed by atoms with van der Waals surface area (Å²) in [4.78, 5) is 1.34. The lowest BCUT2D eigenvalue weighted by molar-refractivity contribution is 0.613. The topological polar surface area (TPSA) is 26.0 Å².